The molecule has 2 aromatic carbocycles. The van der Waals surface area contributed by atoms with E-state index in [4.69, 9.17) is 4.74 Å². The summed E-state index contributed by atoms with van der Waals surface area (Å²) in [5.41, 5.74) is 5.43. The van der Waals surface area contributed by atoms with Gasteiger partial charge in [-0.05, 0) is 82.8 Å². The first-order chi connectivity index (χ1) is 17.7. The first-order valence-electron chi connectivity index (χ1n) is 11.2. The summed E-state index contributed by atoms with van der Waals surface area (Å²) in [6.45, 7) is 1.45. The quantitative estimate of drug-likeness (QED) is 0.218. The fraction of sp³-hybridized carbons (Fsp3) is 0.185. The number of ether oxygens (including phenoxy) is 1. The molecule has 0 saturated heterocycles. The molecule has 0 amide bonds. The van der Waals surface area contributed by atoms with Crippen LogP contribution >= 0.6 is 0 Å². The Balaban J connectivity index is 1.53. The molecule has 8 nitrogen and oxygen atoms in total. The summed E-state index contributed by atoms with van der Waals surface area (Å²) in [6, 6.07) is 16.6. The molecular formula is C27H23FN2O6S. The van der Waals surface area contributed by atoms with Crippen molar-refractivity contribution in [1.29, 1.82) is 0 Å². The molecule has 0 bridgehead atoms. The fourth-order valence-corrected chi connectivity index (χ4v) is 4.58. The maximum Gasteiger partial charge on any atom is 0.310 e. The van der Waals surface area contributed by atoms with Crippen LogP contribution in [0.2, 0.25) is 0 Å². The van der Waals surface area contributed by atoms with Gasteiger partial charge in [-0.2, -0.15) is 0 Å². The smallest absolute Gasteiger partial charge is 0.310 e. The van der Waals surface area contributed by atoms with Gasteiger partial charge in [0, 0.05) is 22.0 Å². The minimum Gasteiger partial charge on any atom is -0.459 e. The molecule has 0 N–H and O–H groups in total. The van der Waals surface area contributed by atoms with Gasteiger partial charge in [0.25, 0.3) is 5.09 Å². The zero-order chi connectivity index (χ0) is 26.5. The molecule has 4 rings (SSSR count). The third kappa shape index (κ3) is 6.34. The zero-order valence-corrected chi connectivity index (χ0v) is 20.9. The molecule has 1 heterocycles. The standard InChI is InChI=1S/C27H23FN2O6S/c1-17-24(12-18-6-9-22(10-7-18)37(2)34)23-11-8-19(28)13-26(23)25(17)14-27(31)35-15-20-4-3-5-21(29-20)16-36-30(32)33/h3-13H,14-16H2,1-2H3. The van der Waals surface area contributed by atoms with E-state index in [9.17, 15) is 23.5 Å². The Morgan fingerprint density at radius 2 is 1.78 bits per heavy atom. The van der Waals surface area contributed by atoms with Crippen LogP contribution in [0.3, 0.4) is 0 Å². The first-order valence-corrected chi connectivity index (χ1v) is 12.8. The number of halogens is 1. The van der Waals surface area contributed by atoms with Crippen LogP contribution in [0.4, 0.5) is 4.39 Å². The van der Waals surface area contributed by atoms with Gasteiger partial charge in [0.2, 0.25) is 0 Å². The van der Waals surface area contributed by atoms with Gasteiger partial charge in [-0.15, -0.1) is 10.1 Å². The number of carbonyl (C=O) groups is 1. The SMILES string of the molecule is CC1=C(CC(=O)OCc2cccc(CO[N+](=O)[O-])n2)c2cc(F)ccc2C1=Cc1ccc(S(C)=O)cc1. The molecule has 0 spiro atoms. The van der Waals surface area contributed by atoms with E-state index in [1.54, 1.807) is 42.7 Å². The molecule has 10 heteroatoms. The molecule has 3 aromatic rings. The van der Waals surface area contributed by atoms with Crippen LogP contribution in [0.15, 0.2) is 71.1 Å². The maximum absolute atomic E-state index is 14.1. The Morgan fingerprint density at radius 3 is 2.46 bits per heavy atom. The predicted molar refractivity (Wildman–Crippen MR) is 136 cm³/mol. The number of hydrogen-bond acceptors (Lipinski definition) is 7. The topological polar surface area (TPSA) is 109 Å². The number of aromatic nitrogens is 1. The largest absolute Gasteiger partial charge is 0.459 e. The summed E-state index contributed by atoms with van der Waals surface area (Å²) in [4.78, 5) is 32.3. The van der Waals surface area contributed by atoms with E-state index in [0.29, 0.717) is 22.5 Å². The van der Waals surface area contributed by atoms with Crippen molar-refractivity contribution in [3.63, 3.8) is 0 Å². The van der Waals surface area contributed by atoms with E-state index in [1.165, 1.54) is 12.1 Å². The highest BCUT2D eigenvalue weighted by Gasteiger charge is 2.26. The third-order valence-electron chi connectivity index (χ3n) is 5.86. The van der Waals surface area contributed by atoms with Crippen LogP contribution < -0.4 is 0 Å². The van der Waals surface area contributed by atoms with E-state index in [1.807, 2.05) is 25.1 Å². The number of rotatable bonds is 9. The first kappa shape index (κ1) is 25.9. The van der Waals surface area contributed by atoms with Crippen molar-refractivity contribution in [2.75, 3.05) is 6.26 Å². The van der Waals surface area contributed by atoms with Gasteiger partial charge in [0.1, 0.15) is 19.0 Å². The second-order valence-electron chi connectivity index (χ2n) is 8.33. The maximum atomic E-state index is 14.1. The number of carbonyl (C=O) groups excluding carboxylic acids is 1. The highest BCUT2D eigenvalue weighted by atomic mass is 32.2. The van der Waals surface area contributed by atoms with Crippen LogP contribution in [-0.4, -0.2) is 26.5 Å². The minimum absolute atomic E-state index is 0.0719. The molecule has 0 saturated carbocycles. The highest BCUT2D eigenvalue weighted by molar-refractivity contribution is 7.84. The van der Waals surface area contributed by atoms with Gasteiger partial charge < -0.3 is 9.57 Å². The fourth-order valence-electron chi connectivity index (χ4n) is 4.06. The van der Waals surface area contributed by atoms with E-state index >= 15 is 0 Å². The summed E-state index contributed by atoms with van der Waals surface area (Å²) in [5.74, 6) is -0.930. The van der Waals surface area contributed by atoms with Crippen molar-refractivity contribution in [2.24, 2.45) is 0 Å². The Kier molecular flexibility index (Phi) is 7.88. The lowest BCUT2D eigenvalue weighted by atomic mass is 10.0. The second kappa shape index (κ2) is 11.3. The molecule has 1 atom stereocenters. The zero-order valence-electron chi connectivity index (χ0n) is 20.1. The average Bonchev–Trinajstić information content (AvgIpc) is 3.12. The lowest BCUT2D eigenvalue weighted by Crippen LogP contribution is -2.08. The summed E-state index contributed by atoms with van der Waals surface area (Å²) in [6.07, 6.45) is 3.50. The molecule has 0 radical (unpaired) electrons. The van der Waals surface area contributed by atoms with Crippen LogP contribution in [0.25, 0.3) is 17.2 Å². The van der Waals surface area contributed by atoms with Gasteiger partial charge in [0.05, 0.1) is 17.8 Å². The lowest BCUT2D eigenvalue weighted by molar-refractivity contribution is -0.763. The van der Waals surface area contributed by atoms with Crippen LogP contribution in [-0.2, 0) is 38.4 Å². The summed E-state index contributed by atoms with van der Waals surface area (Å²) in [7, 11) is -1.08. The molecule has 190 valence electrons. The Hall–Kier alpha value is -4.18. The van der Waals surface area contributed by atoms with E-state index in [0.717, 1.165) is 27.2 Å². The molecule has 0 aliphatic heterocycles. The minimum atomic E-state index is -1.08. The summed E-state index contributed by atoms with van der Waals surface area (Å²) >= 11 is 0. The van der Waals surface area contributed by atoms with Gasteiger partial charge in [-0.3, -0.25) is 14.0 Å². The van der Waals surface area contributed by atoms with Crippen molar-refractivity contribution in [3.8, 4) is 0 Å². The lowest BCUT2D eigenvalue weighted by Gasteiger charge is -2.08. The number of nitrogens with zero attached hydrogens (tertiary/aromatic N) is 2. The Morgan fingerprint density at radius 1 is 1.08 bits per heavy atom. The third-order valence-corrected chi connectivity index (χ3v) is 6.80. The van der Waals surface area contributed by atoms with Crippen molar-refractivity contribution < 1.29 is 28.1 Å². The van der Waals surface area contributed by atoms with E-state index in [-0.39, 0.29) is 19.6 Å². The molecule has 0 fully saturated rings. The molecule has 1 aromatic heterocycles. The average molecular weight is 523 g/mol. The predicted octanol–water partition coefficient (Wildman–Crippen LogP) is 5.13. The second-order valence-corrected chi connectivity index (χ2v) is 9.71. The number of esters is 1. The van der Waals surface area contributed by atoms with E-state index in [2.05, 4.69) is 9.82 Å². The number of fused-ring (bicyclic) bond motifs is 1. The summed E-state index contributed by atoms with van der Waals surface area (Å²) in [5, 5.41) is 9.47. The number of pyridine rings is 1. The van der Waals surface area contributed by atoms with Gasteiger partial charge in [0.15, 0.2) is 0 Å². The van der Waals surface area contributed by atoms with Crippen LogP contribution in [0.5, 0.6) is 0 Å². The van der Waals surface area contributed by atoms with Crippen molar-refractivity contribution in [1.82, 2.24) is 4.98 Å². The number of hydrogen-bond donors (Lipinski definition) is 0. The summed E-state index contributed by atoms with van der Waals surface area (Å²) < 4.78 is 31.2. The highest BCUT2D eigenvalue weighted by Crippen LogP contribution is 2.44. The number of benzene rings is 2. The molecule has 1 unspecified atom stereocenters. The van der Waals surface area contributed by atoms with Crippen molar-refractivity contribution in [3.05, 3.63) is 110 Å². The monoisotopic (exact) mass is 522 g/mol. The normalized spacial score (nSPS) is 14.4. The number of allylic oxidation sites excluding steroid dienone is 2. The Bertz CT molecular complexity index is 1450. The van der Waals surface area contributed by atoms with E-state index < -0.39 is 27.7 Å². The molecular weight excluding hydrogens is 499 g/mol. The molecule has 1 aliphatic rings. The van der Waals surface area contributed by atoms with Crippen LogP contribution in [0.1, 0.15) is 41.4 Å². The molecule has 37 heavy (non-hydrogen) atoms. The van der Waals surface area contributed by atoms with Crippen molar-refractivity contribution >= 4 is 34.0 Å². The van der Waals surface area contributed by atoms with Crippen molar-refractivity contribution in [2.45, 2.75) is 31.5 Å². The van der Waals surface area contributed by atoms with Gasteiger partial charge in [-0.25, -0.2) is 4.39 Å². The van der Waals surface area contributed by atoms with Gasteiger partial charge >= 0.3 is 5.97 Å². The van der Waals surface area contributed by atoms with Crippen LogP contribution in [0, 0.1) is 15.9 Å². The molecule has 1 aliphatic carbocycles. The van der Waals surface area contributed by atoms with Gasteiger partial charge in [-0.1, -0.05) is 24.3 Å². The Labute approximate surface area is 215 Å².